The smallest absolute Gasteiger partial charge is 0.255 e. The van der Waals surface area contributed by atoms with E-state index < -0.39 is 0 Å². The van der Waals surface area contributed by atoms with Crippen molar-refractivity contribution in [3.63, 3.8) is 0 Å². The summed E-state index contributed by atoms with van der Waals surface area (Å²) >= 11 is 0. The SMILES string of the molecule is CCOc1ccc(C(=O)N2CCC[C@H]2c2c(C)nn(C)c2OC)cn1. The molecule has 0 aliphatic carbocycles. The minimum atomic E-state index is -0.0253. The number of carbonyl (C=O) groups is 1. The molecule has 1 aliphatic heterocycles. The van der Waals surface area contributed by atoms with E-state index in [9.17, 15) is 4.79 Å². The van der Waals surface area contributed by atoms with Crippen molar-refractivity contribution in [1.29, 1.82) is 0 Å². The monoisotopic (exact) mass is 344 g/mol. The number of ether oxygens (including phenoxy) is 2. The molecule has 3 heterocycles. The number of carbonyl (C=O) groups excluding carboxylic acids is 1. The van der Waals surface area contributed by atoms with E-state index in [-0.39, 0.29) is 11.9 Å². The molecule has 1 atom stereocenters. The zero-order valence-corrected chi connectivity index (χ0v) is 15.2. The van der Waals surface area contributed by atoms with Gasteiger partial charge in [-0.2, -0.15) is 5.10 Å². The predicted octanol–water partition coefficient (Wildman–Crippen LogP) is 2.51. The van der Waals surface area contributed by atoms with Crippen molar-refractivity contribution in [1.82, 2.24) is 19.7 Å². The molecule has 25 heavy (non-hydrogen) atoms. The standard InChI is InChI=1S/C18H24N4O3/c1-5-25-15-9-8-13(11-19-15)17(23)22-10-6-7-14(22)16-12(2)20-21(3)18(16)24-4/h8-9,11,14H,5-7,10H2,1-4H3/t14-/m0/s1. The third kappa shape index (κ3) is 3.18. The highest BCUT2D eigenvalue weighted by Gasteiger charge is 2.35. The molecule has 134 valence electrons. The summed E-state index contributed by atoms with van der Waals surface area (Å²) in [6.07, 6.45) is 3.44. The number of methoxy groups -OCH3 is 1. The molecule has 0 unspecified atom stereocenters. The second-order valence-electron chi connectivity index (χ2n) is 6.11. The van der Waals surface area contributed by atoms with Crippen molar-refractivity contribution in [2.24, 2.45) is 7.05 Å². The maximum atomic E-state index is 13.0. The fourth-order valence-corrected chi connectivity index (χ4v) is 3.49. The number of hydrogen-bond donors (Lipinski definition) is 0. The van der Waals surface area contributed by atoms with Crippen LogP contribution in [0.5, 0.6) is 11.8 Å². The number of nitrogens with zero attached hydrogens (tertiary/aromatic N) is 4. The quantitative estimate of drug-likeness (QED) is 0.833. The molecule has 1 amide bonds. The van der Waals surface area contributed by atoms with Gasteiger partial charge in [0, 0.05) is 25.9 Å². The van der Waals surface area contributed by atoms with Crippen LogP contribution >= 0.6 is 0 Å². The summed E-state index contributed by atoms with van der Waals surface area (Å²) in [5, 5.41) is 4.45. The Morgan fingerprint density at radius 1 is 1.40 bits per heavy atom. The van der Waals surface area contributed by atoms with Crippen LogP contribution in [0.1, 0.15) is 47.4 Å². The van der Waals surface area contributed by atoms with Gasteiger partial charge in [-0.05, 0) is 32.8 Å². The number of pyridine rings is 1. The first-order valence-electron chi connectivity index (χ1n) is 8.54. The summed E-state index contributed by atoms with van der Waals surface area (Å²) in [4.78, 5) is 19.1. The number of hydrogen-bond acceptors (Lipinski definition) is 5. The van der Waals surface area contributed by atoms with Gasteiger partial charge >= 0.3 is 0 Å². The number of likely N-dealkylation sites (tertiary alicyclic amines) is 1. The molecule has 2 aromatic rings. The van der Waals surface area contributed by atoms with E-state index in [0.717, 1.165) is 24.1 Å². The minimum Gasteiger partial charge on any atom is -0.481 e. The Hall–Kier alpha value is -2.57. The third-order valence-corrected chi connectivity index (χ3v) is 4.53. The molecular weight excluding hydrogens is 320 g/mol. The summed E-state index contributed by atoms with van der Waals surface area (Å²) in [5.41, 5.74) is 2.46. The Morgan fingerprint density at radius 3 is 2.84 bits per heavy atom. The van der Waals surface area contributed by atoms with Crippen LogP contribution in [-0.2, 0) is 7.05 Å². The van der Waals surface area contributed by atoms with E-state index in [2.05, 4.69) is 10.1 Å². The fourth-order valence-electron chi connectivity index (χ4n) is 3.49. The van der Waals surface area contributed by atoms with Crippen LogP contribution in [0.15, 0.2) is 18.3 Å². The highest BCUT2D eigenvalue weighted by atomic mass is 16.5. The first-order valence-corrected chi connectivity index (χ1v) is 8.54. The van der Waals surface area contributed by atoms with E-state index in [1.54, 1.807) is 30.1 Å². The summed E-state index contributed by atoms with van der Waals surface area (Å²) in [6, 6.07) is 3.48. The summed E-state index contributed by atoms with van der Waals surface area (Å²) in [7, 11) is 3.49. The van der Waals surface area contributed by atoms with Gasteiger partial charge in [0.05, 0.1) is 36.6 Å². The number of aromatic nitrogens is 3. The largest absolute Gasteiger partial charge is 0.481 e. The van der Waals surface area contributed by atoms with Crippen molar-refractivity contribution >= 4 is 5.91 Å². The van der Waals surface area contributed by atoms with Gasteiger partial charge < -0.3 is 14.4 Å². The van der Waals surface area contributed by atoms with Gasteiger partial charge in [0.1, 0.15) is 0 Å². The Balaban J connectivity index is 1.87. The zero-order chi connectivity index (χ0) is 18.0. The van der Waals surface area contributed by atoms with E-state index in [4.69, 9.17) is 9.47 Å². The van der Waals surface area contributed by atoms with E-state index in [1.165, 1.54) is 0 Å². The minimum absolute atomic E-state index is 0.0247. The molecule has 1 aliphatic rings. The normalized spacial score (nSPS) is 17.0. The van der Waals surface area contributed by atoms with Crippen LogP contribution in [0, 0.1) is 6.92 Å². The number of aryl methyl sites for hydroxylation is 2. The molecule has 0 spiro atoms. The van der Waals surface area contributed by atoms with Crippen LogP contribution in [0.4, 0.5) is 0 Å². The lowest BCUT2D eigenvalue weighted by Gasteiger charge is -2.25. The predicted molar refractivity (Wildman–Crippen MR) is 92.9 cm³/mol. The van der Waals surface area contributed by atoms with Crippen LogP contribution in [0.2, 0.25) is 0 Å². The van der Waals surface area contributed by atoms with Gasteiger partial charge in [0.2, 0.25) is 11.8 Å². The Labute approximate surface area is 147 Å². The van der Waals surface area contributed by atoms with Crippen molar-refractivity contribution in [3.05, 3.63) is 35.2 Å². The first-order chi connectivity index (χ1) is 12.1. The lowest BCUT2D eigenvalue weighted by atomic mass is 10.0. The van der Waals surface area contributed by atoms with Crippen LogP contribution in [0.25, 0.3) is 0 Å². The highest BCUT2D eigenvalue weighted by Crippen LogP contribution is 2.39. The molecule has 7 heteroatoms. The van der Waals surface area contributed by atoms with E-state index in [1.807, 2.05) is 25.8 Å². The van der Waals surface area contributed by atoms with E-state index in [0.29, 0.717) is 30.5 Å². The molecule has 7 nitrogen and oxygen atoms in total. The Bertz CT molecular complexity index is 754. The molecular formula is C18H24N4O3. The fraction of sp³-hybridized carbons (Fsp3) is 0.500. The van der Waals surface area contributed by atoms with Crippen molar-refractivity contribution in [2.45, 2.75) is 32.7 Å². The summed E-state index contributed by atoms with van der Waals surface area (Å²) in [5.74, 6) is 1.22. The maximum absolute atomic E-state index is 13.0. The summed E-state index contributed by atoms with van der Waals surface area (Å²) < 4.78 is 12.6. The Kier molecular flexibility index (Phi) is 4.92. The molecule has 0 radical (unpaired) electrons. The second kappa shape index (κ2) is 7.13. The van der Waals surface area contributed by atoms with Gasteiger partial charge in [-0.15, -0.1) is 0 Å². The first kappa shape index (κ1) is 17.3. The van der Waals surface area contributed by atoms with Gasteiger partial charge in [-0.25, -0.2) is 9.67 Å². The maximum Gasteiger partial charge on any atom is 0.255 e. The van der Waals surface area contributed by atoms with Crippen LogP contribution in [-0.4, -0.2) is 45.8 Å². The topological polar surface area (TPSA) is 69.5 Å². The lowest BCUT2D eigenvalue weighted by Crippen LogP contribution is -2.31. The lowest BCUT2D eigenvalue weighted by molar-refractivity contribution is 0.0733. The van der Waals surface area contributed by atoms with Gasteiger partial charge in [0.25, 0.3) is 5.91 Å². The molecule has 0 bridgehead atoms. The van der Waals surface area contributed by atoms with Crippen molar-refractivity contribution in [2.75, 3.05) is 20.3 Å². The second-order valence-corrected chi connectivity index (χ2v) is 6.11. The van der Waals surface area contributed by atoms with Crippen molar-refractivity contribution in [3.8, 4) is 11.8 Å². The average Bonchev–Trinajstić information content (AvgIpc) is 3.18. The molecule has 2 aromatic heterocycles. The molecule has 0 N–H and O–H groups in total. The van der Waals surface area contributed by atoms with Crippen LogP contribution < -0.4 is 9.47 Å². The number of rotatable bonds is 5. The molecule has 3 rings (SSSR count). The average molecular weight is 344 g/mol. The van der Waals surface area contributed by atoms with Gasteiger partial charge in [0.15, 0.2) is 0 Å². The molecule has 1 saturated heterocycles. The zero-order valence-electron chi connectivity index (χ0n) is 15.2. The highest BCUT2D eigenvalue weighted by molar-refractivity contribution is 5.94. The van der Waals surface area contributed by atoms with Gasteiger partial charge in [-0.1, -0.05) is 0 Å². The van der Waals surface area contributed by atoms with Gasteiger partial charge in [-0.3, -0.25) is 4.79 Å². The third-order valence-electron chi connectivity index (χ3n) is 4.53. The van der Waals surface area contributed by atoms with E-state index >= 15 is 0 Å². The van der Waals surface area contributed by atoms with Crippen LogP contribution in [0.3, 0.4) is 0 Å². The number of amides is 1. The Morgan fingerprint density at radius 2 is 2.20 bits per heavy atom. The molecule has 0 saturated carbocycles. The molecule has 0 aromatic carbocycles. The van der Waals surface area contributed by atoms with Crippen molar-refractivity contribution < 1.29 is 14.3 Å². The summed E-state index contributed by atoms with van der Waals surface area (Å²) in [6.45, 7) is 5.12. The molecule has 1 fully saturated rings.